The van der Waals surface area contributed by atoms with E-state index in [4.69, 9.17) is 17.3 Å². The van der Waals surface area contributed by atoms with Gasteiger partial charge >= 0.3 is 0 Å². The van der Waals surface area contributed by atoms with Gasteiger partial charge in [-0.05, 0) is 38.0 Å². The molecule has 2 N–H and O–H groups in total. The van der Waals surface area contributed by atoms with E-state index in [0.717, 1.165) is 19.4 Å². The van der Waals surface area contributed by atoms with Crippen LogP contribution in [-0.4, -0.2) is 23.4 Å². The topological polar surface area (TPSA) is 46.3 Å². The molecule has 0 spiro atoms. The molecule has 0 aromatic heterocycles. The highest BCUT2D eigenvalue weighted by atomic mass is 35.5. The van der Waals surface area contributed by atoms with E-state index in [-0.39, 0.29) is 5.91 Å². The Balaban J connectivity index is 2.23. The Morgan fingerprint density at radius 3 is 2.88 bits per heavy atom. The average molecular weight is 239 g/mol. The number of rotatable bonds is 1. The highest BCUT2D eigenvalue weighted by molar-refractivity contribution is 6.33. The van der Waals surface area contributed by atoms with E-state index in [1.807, 2.05) is 4.90 Å². The van der Waals surface area contributed by atoms with Gasteiger partial charge in [-0.15, -0.1) is 0 Å². The van der Waals surface area contributed by atoms with E-state index >= 15 is 0 Å². The van der Waals surface area contributed by atoms with Gasteiger partial charge in [-0.1, -0.05) is 11.6 Å². The third-order valence-electron chi connectivity index (χ3n) is 3.06. The van der Waals surface area contributed by atoms with Crippen LogP contribution in [0.3, 0.4) is 0 Å². The van der Waals surface area contributed by atoms with Crippen LogP contribution in [0.4, 0.5) is 5.69 Å². The maximum Gasteiger partial charge on any atom is 0.254 e. The maximum absolute atomic E-state index is 12.1. The first-order valence-electron chi connectivity index (χ1n) is 5.45. The summed E-state index contributed by atoms with van der Waals surface area (Å²) in [6, 6.07) is 5.37. The Kier molecular flexibility index (Phi) is 3.06. The normalized spacial score (nSPS) is 20.1. The van der Waals surface area contributed by atoms with Gasteiger partial charge in [-0.2, -0.15) is 0 Å². The van der Waals surface area contributed by atoms with Crippen LogP contribution in [0.1, 0.15) is 30.1 Å². The highest BCUT2D eigenvalue weighted by Gasteiger charge is 2.26. The number of carbonyl (C=O) groups excluding carboxylic acids is 1. The van der Waals surface area contributed by atoms with Crippen LogP contribution in [0, 0.1) is 0 Å². The molecular weight excluding hydrogens is 224 g/mol. The maximum atomic E-state index is 12.1. The first-order valence-corrected chi connectivity index (χ1v) is 5.83. The van der Waals surface area contributed by atoms with Crippen molar-refractivity contribution in [1.82, 2.24) is 4.90 Å². The van der Waals surface area contributed by atoms with Gasteiger partial charge < -0.3 is 10.6 Å². The molecular formula is C12H15ClN2O. The molecule has 0 bridgehead atoms. The number of nitrogens with two attached hydrogens (primary N) is 1. The minimum absolute atomic E-state index is 0.0481. The minimum Gasteiger partial charge on any atom is -0.398 e. The van der Waals surface area contributed by atoms with Gasteiger partial charge in [0, 0.05) is 18.2 Å². The lowest BCUT2D eigenvalue weighted by molar-refractivity contribution is 0.0747. The van der Waals surface area contributed by atoms with Crippen molar-refractivity contribution < 1.29 is 4.79 Å². The van der Waals surface area contributed by atoms with E-state index in [0.29, 0.717) is 22.3 Å². The molecule has 1 amide bonds. The molecule has 1 unspecified atom stereocenters. The van der Waals surface area contributed by atoms with Gasteiger partial charge in [-0.3, -0.25) is 4.79 Å². The zero-order valence-electron chi connectivity index (χ0n) is 9.24. The molecule has 2 rings (SSSR count). The lowest BCUT2D eigenvalue weighted by atomic mass is 10.1. The summed E-state index contributed by atoms with van der Waals surface area (Å²) in [7, 11) is 0. The number of amides is 1. The predicted molar refractivity (Wildman–Crippen MR) is 65.6 cm³/mol. The number of benzene rings is 1. The summed E-state index contributed by atoms with van der Waals surface area (Å²) in [5.74, 6) is 0.0481. The number of nitrogens with zero attached hydrogens (tertiary/aromatic N) is 1. The first-order chi connectivity index (χ1) is 7.59. The third-order valence-corrected chi connectivity index (χ3v) is 3.39. The number of hydrogen-bond donors (Lipinski definition) is 1. The molecule has 1 aromatic carbocycles. The number of carbonyl (C=O) groups is 1. The molecule has 1 aromatic rings. The van der Waals surface area contributed by atoms with Crippen molar-refractivity contribution in [2.24, 2.45) is 0 Å². The van der Waals surface area contributed by atoms with Crippen molar-refractivity contribution >= 4 is 23.2 Å². The summed E-state index contributed by atoms with van der Waals surface area (Å²) in [6.45, 7) is 2.91. The first kappa shape index (κ1) is 11.3. The lowest BCUT2D eigenvalue weighted by Gasteiger charge is -2.21. The Bertz CT molecular complexity index is 419. The van der Waals surface area contributed by atoms with E-state index < -0.39 is 0 Å². The zero-order valence-corrected chi connectivity index (χ0v) is 10.00. The van der Waals surface area contributed by atoms with E-state index in [1.54, 1.807) is 18.2 Å². The second kappa shape index (κ2) is 4.34. The largest absolute Gasteiger partial charge is 0.398 e. The number of halogens is 1. The van der Waals surface area contributed by atoms with Gasteiger partial charge in [0.05, 0.1) is 10.7 Å². The Morgan fingerprint density at radius 2 is 2.31 bits per heavy atom. The van der Waals surface area contributed by atoms with Crippen molar-refractivity contribution in [3.63, 3.8) is 0 Å². The summed E-state index contributed by atoms with van der Waals surface area (Å²) in [5.41, 5.74) is 6.74. The van der Waals surface area contributed by atoms with Gasteiger partial charge in [0.15, 0.2) is 0 Å². The summed E-state index contributed by atoms with van der Waals surface area (Å²) in [4.78, 5) is 14.0. The van der Waals surface area contributed by atoms with Gasteiger partial charge in [0.1, 0.15) is 0 Å². The fourth-order valence-electron chi connectivity index (χ4n) is 2.06. The SMILES string of the molecule is CC1CCCN1C(=O)c1ccc(N)c(Cl)c1. The van der Waals surface area contributed by atoms with Crippen molar-refractivity contribution in [2.75, 3.05) is 12.3 Å². The Labute approximate surface area is 100 Å². The zero-order chi connectivity index (χ0) is 11.7. The van der Waals surface area contributed by atoms with Crippen molar-refractivity contribution in [1.29, 1.82) is 0 Å². The van der Waals surface area contributed by atoms with Crippen molar-refractivity contribution in [2.45, 2.75) is 25.8 Å². The Hall–Kier alpha value is -1.22. The standard InChI is InChI=1S/C12H15ClN2O/c1-8-3-2-6-15(8)12(16)9-4-5-11(14)10(13)7-9/h4-5,7-8H,2-3,6,14H2,1H3. The van der Waals surface area contributed by atoms with E-state index in [1.165, 1.54) is 0 Å². The van der Waals surface area contributed by atoms with Crippen LogP contribution >= 0.6 is 11.6 Å². The van der Waals surface area contributed by atoms with Crippen LogP contribution < -0.4 is 5.73 Å². The van der Waals surface area contributed by atoms with Crippen LogP contribution in [0.2, 0.25) is 5.02 Å². The molecule has 0 radical (unpaired) electrons. The summed E-state index contributed by atoms with van der Waals surface area (Å²) in [6.07, 6.45) is 2.16. The highest BCUT2D eigenvalue weighted by Crippen LogP contribution is 2.23. The second-order valence-electron chi connectivity index (χ2n) is 4.23. The monoisotopic (exact) mass is 238 g/mol. The summed E-state index contributed by atoms with van der Waals surface area (Å²) < 4.78 is 0. The van der Waals surface area contributed by atoms with Crippen LogP contribution in [0.25, 0.3) is 0 Å². The summed E-state index contributed by atoms with van der Waals surface area (Å²) in [5, 5.41) is 0.442. The number of nitrogen functional groups attached to an aromatic ring is 1. The summed E-state index contributed by atoms with van der Waals surface area (Å²) >= 11 is 5.91. The fourth-order valence-corrected chi connectivity index (χ4v) is 2.24. The lowest BCUT2D eigenvalue weighted by Crippen LogP contribution is -2.33. The van der Waals surface area contributed by atoms with E-state index in [9.17, 15) is 4.79 Å². The van der Waals surface area contributed by atoms with E-state index in [2.05, 4.69) is 6.92 Å². The predicted octanol–water partition coefficient (Wildman–Crippen LogP) is 2.55. The van der Waals surface area contributed by atoms with Gasteiger partial charge in [0.2, 0.25) is 0 Å². The van der Waals surface area contributed by atoms with Crippen molar-refractivity contribution in [3.05, 3.63) is 28.8 Å². The number of likely N-dealkylation sites (tertiary alicyclic amines) is 1. The molecule has 1 aliphatic rings. The van der Waals surface area contributed by atoms with Crippen LogP contribution in [0.15, 0.2) is 18.2 Å². The van der Waals surface area contributed by atoms with Crippen molar-refractivity contribution in [3.8, 4) is 0 Å². The number of anilines is 1. The molecule has 1 atom stereocenters. The molecule has 86 valence electrons. The molecule has 0 saturated carbocycles. The molecule has 0 aliphatic carbocycles. The molecule has 1 aliphatic heterocycles. The van der Waals surface area contributed by atoms with Crippen LogP contribution in [-0.2, 0) is 0 Å². The molecule has 1 heterocycles. The van der Waals surface area contributed by atoms with Crippen LogP contribution in [0.5, 0.6) is 0 Å². The Morgan fingerprint density at radius 1 is 1.56 bits per heavy atom. The molecule has 1 saturated heterocycles. The molecule has 1 fully saturated rings. The smallest absolute Gasteiger partial charge is 0.254 e. The van der Waals surface area contributed by atoms with Gasteiger partial charge in [-0.25, -0.2) is 0 Å². The molecule has 16 heavy (non-hydrogen) atoms. The quantitative estimate of drug-likeness (QED) is 0.765. The van der Waals surface area contributed by atoms with Gasteiger partial charge in [0.25, 0.3) is 5.91 Å². The third kappa shape index (κ3) is 2.00. The molecule has 4 heteroatoms. The second-order valence-corrected chi connectivity index (χ2v) is 4.63. The minimum atomic E-state index is 0.0481. The fraction of sp³-hybridized carbons (Fsp3) is 0.417. The number of hydrogen-bond acceptors (Lipinski definition) is 2. The average Bonchev–Trinajstić information content (AvgIpc) is 2.67. The molecule has 3 nitrogen and oxygen atoms in total.